The van der Waals surface area contributed by atoms with E-state index < -0.39 is 0 Å². The van der Waals surface area contributed by atoms with Crippen LogP contribution in [0.2, 0.25) is 0 Å². The number of hydrogen-bond donors (Lipinski definition) is 0. The Kier molecular flexibility index (Phi) is 4.31. The molecule has 0 N–H and O–H groups in total. The van der Waals surface area contributed by atoms with Crippen LogP contribution < -0.4 is 4.90 Å². The molecule has 0 unspecified atom stereocenters. The fourth-order valence-electron chi connectivity index (χ4n) is 3.24. The molecule has 1 amide bonds. The second-order valence-electron chi connectivity index (χ2n) is 7.60. The van der Waals surface area contributed by atoms with Crippen molar-refractivity contribution < 1.29 is 4.79 Å². The lowest BCUT2D eigenvalue weighted by Crippen LogP contribution is -2.34. The van der Waals surface area contributed by atoms with Crippen molar-refractivity contribution in [3.63, 3.8) is 0 Å². The van der Waals surface area contributed by atoms with E-state index in [0.29, 0.717) is 0 Å². The van der Waals surface area contributed by atoms with Crippen LogP contribution in [-0.4, -0.2) is 11.9 Å². The van der Waals surface area contributed by atoms with Gasteiger partial charge in [-0.05, 0) is 47.6 Å². The molecule has 0 radical (unpaired) electrons. The maximum absolute atomic E-state index is 12.7. The topological polar surface area (TPSA) is 20.3 Å². The average Bonchev–Trinajstić information content (AvgIpc) is 2.88. The second kappa shape index (κ2) is 6.27. The number of rotatable bonds is 2. The molecular formula is C22H25NO. The van der Waals surface area contributed by atoms with E-state index in [-0.39, 0.29) is 17.4 Å². The molecule has 24 heavy (non-hydrogen) atoms. The summed E-state index contributed by atoms with van der Waals surface area (Å²) in [6.07, 6.45) is 4.52. The first-order valence-corrected chi connectivity index (χ1v) is 8.56. The Bertz CT molecular complexity index is 765. The first-order valence-electron chi connectivity index (χ1n) is 8.56. The highest BCUT2D eigenvalue weighted by atomic mass is 16.2. The summed E-state index contributed by atoms with van der Waals surface area (Å²) in [5, 5.41) is 0. The molecule has 0 aliphatic carbocycles. The molecule has 124 valence electrons. The Morgan fingerprint density at radius 2 is 1.75 bits per heavy atom. The van der Waals surface area contributed by atoms with Crippen LogP contribution >= 0.6 is 0 Å². The average molecular weight is 319 g/mol. The van der Waals surface area contributed by atoms with Gasteiger partial charge in [-0.3, -0.25) is 4.79 Å². The van der Waals surface area contributed by atoms with E-state index >= 15 is 0 Å². The molecular weight excluding hydrogens is 294 g/mol. The van der Waals surface area contributed by atoms with Crippen LogP contribution in [0.25, 0.3) is 6.08 Å². The summed E-state index contributed by atoms with van der Waals surface area (Å²) in [5.41, 5.74) is 4.79. The number of carbonyl (C=O) groups excluding carboxylic acids is 1. The third-order valence-electron chi connectivity index (χ3n) is 4.64. The molecule has 2 nitrogen and oxygen atoms in total. The summed E-state index contributed by atoms with van der Waals surface area (Å²) in [6.45, 7) is 8.71. The fraction of sp³-hybridized carbons (Fsp3) is 0.318. The van der Waals surface area contributed by atoms with Gasteiger partial charge in [-0.25, -0.2) is 0 Å². The van der Waals surface area contributed by atoms with Crippen LogP contribution in [0.3, 0.4) is 0 Å². The van der Waals surface area contributed by atoms with Crippen molar-refractivity contribution in [2.45, 2.75) is 45.6 Å². The van der Waals surface area contributed by atoms with Gasteiger partial charge < -0.3 is 4.90 Å². The molecule has 0 saturated carbocycles. The smallest absolute Gasteiger partial charge is 0.251 e. The van der Waals surface area contributed by atoms with Gasteiger partial charge in [0.25, 0.3) is 5.91 Å². The molecule has 0 fully saturated rings. The molecule has 1 heterocycles. The molecule has 0 bridgehead atoms. The van der Waals surface area contributed by atoms with E-state index in [1.54, 1.807) is 6.08 Å². The lowest BCUT2D eigenvalue weighted by atomic mass is 9.87. The Morgan fingerprint density at radius 3 is 2.42 bits per heavy atom. The van der Waals surface area contributed by atoms with Gasteiger partial charge in [0.05, 0.1) is 0 Å². The normalized spacial score (nSPS) is 17.3. The first kappa shape index (κ1) is 16.5. The first-order chi connectivity index (χ1) is 11.4. The monoisotopic (exact) mass is 319 g/mol. The van der Waals surface area contributed by atoms with Crippen molar-refractivity contribution in [1.29, 1.82) is 0 Å². The highest BCUT2D eigenvalue weighted by Crippen LogP contribution is 2.32. The van der Waals surface area contributed by atoms with Gasteiger partial charge in [-0.15, -0.1) is 0 Å². The molecule has 2 aromatic carbocycles. The van der Waals surface area contributed by atoms with Crippen LogP contribution in [0.5, 0.6) is 0 Å². The van der Waals surface area contributed by atoms with Gasteiger partial charge in [-0.1, -0.05) is 63.2 Å². The standard InChI is InChI=1S/C22H25NO/c1-16-15-18-7-5-6-8-20(18)23(16)21(24)14-11-17-9-12-19(13-10-17)22(2,3)4/h5-14,16H,15H2,1-4H3/b14-11+/t16-/m0/s1. The van der Waals surface area contributed by atoms with Crippen molar-refractivity contribution in [3.05, 3.63) is 71.3 Å². The molecule has 1 atom stereocenters. The Morgan fingerprint density at radius 1 is 1.08 bits per heavy atom. The molecule has 1 aliphatic heterocycles. The zero-order valence-corrected chi connectivity index (χ0v) is 14.9. The number of hydrogen-bond acceptors (Lipinski definition) is 1. The maximum atomic E-state index is 12.7. The van der Waals surface area contributed by atoms with Crippen LogP contribution in [-0.2, 0) is 16.6 Å². The van der Waals surface area contributed by atoms with Gasteiger partial charge in [0.15, 0.2) is 0 Å². The summed E-state index contributed by atoms with van der Waals surface area (Å²) in [5.74, 6) is 0.0485. The summed E-state index contributed by atoms with van der Waals surface area (Å²) in [4.78, 5) is 14.6. The SMILES string of the molecule is C[C@H]1Cc2ccccc2N1C(=O)/C=C/c1ccc(C(C)(C)C)cc1. The van der Waals surface area contributed by atoms with Crippen molar-refractivity contribution in [2.24, 2.45) is 0 Å². The number of benzene rings is 2. The minimum absolute atomic E-state index is 0.0485. The Labute approximate surface area is 144 Å². The van der Waals surface area contributed by atoms with Gasteiger partial charge in [0, 0.05) is 17.8 Å². The summed E-state index contributed by atoms with van der Waals surface area (Å²) >= 11 is 0. The quantitative estimate of drug-likeness (QED) is 0.715. The Balaban J connectivity index is 1.76. The predicted molar refractivity (Wildman–Crippen MR) is 101 cm³/mol. The highest BCUT2D eigenvalue weighted by Gasteiger charge is 2.29. The Hall–Kier alpha value is -2.35. The number of nitrogens with zero attached hydrogens (tertiary/aromatic N) is 1. The van der Waals surface area contributed by atoms with E-state index in [1.165, 1.54) is 11.1 Å². The molecule has 2 heteroatoms. The van der Waals surface area contributed by atoms with E-state index in [9.17, 15) is 4.79 Å². The second-order valence-corrected chi connectivity index (χ2v) is 7.60. The number of carbonyl (C=O) groups is 1. The summed E-state index contributed by atoms with van der Waals surface area (Å²) in [6, 6.07) is 16.8. The van der Waals surface area contributed by atoms with Crippen molar-refractivity contribution in [2.75, 3.05) is 4.90 Å². The molecule has 0 aromatic heterocycles. The van der Waals surface area contributed by atoms with Gasteiger partial charge in [0.1, 0.15) is 0 Å². The summed E-state index contributed by atoms with van der Waals surface area (Å²) < 4.78 is 0. The minimum atomic E-state index is 0.0485. The number of amides is 1. The van der Waals surface area contributed by atoms with Gasteiger partial charge >= 0.3 is 0 Å². The van der Waals surface area contributed by atoms with Crippen molar-refractivity contribution >= 4 is 17.7 Å². The van der Waals surface area contributed by atoms with E-state index in [4.69, 9.17) is 0 Å². The van der Waals surface area contributed by atoms with E-state index in [1.807, 2.05) is 29.2 Å². The molecule has 3 rings (SSSR count). The molecule has 0 saturated heterocycles. The number of anilines is 1. The number of fused-ring (bicyclic) bond motifs is 1. The fourth-order valence-corrected chi connectivity index (χ4v) is 3.24. The lowest BCUT2D eigenvalue weighted by Gasteiger charge is -2.21. The van der Waals surface area contributed by atoms with Crippen LogP contribution in [0.1, 0.15) is 44.4 Å². The third-order valence-corrected chi connectivity index (χ3v) is 4.64. The molecule has 1 aliphatic rings. The third kappa shape index (κ3) is 3.28. The molecule has 0 spiro atoms. The molecule has 2 aromatic rings. The van der Waals surface area contributed by atoms with Gasteiger partial charge in [0.2, 0.25) is 0 Å². The largest absolute Gasteiger partial charge is 0.305 e. The maximum Gasteiger partial charge on any atom is 0.251 e. The number of para-hydroxylation sites is 1. The zero-order chi connectivity index (χ0) is 17.3. The van der Waals surface area contributed by atoms with E-state index in [2.05, 4.69) is 58.0 Å². The zero-order valence-electron chi connectivity index (χ0n) is 14.9. The minimum Gasteiger partial charge on any atom is -0.305 e. The predicted octanol–water partition coefficient (Wildman–Crippen LogP) is 4.98. The van der Waals surface area contributed by atoms with Gasteiger partial charge in [-0.2, -0.15) is 0 Å². The van der Waals surface area contributed by atoms with Crippen LogP contribution in [0.4, 0.5) is 5.69 Å². The van der Waals surface area contributed by atoms with Crippen molar-refractivity contribution in [1.82, 2.24) is 0 Å². The summed E-state index contributed by atoms with van der Waals surface area (Å²) in [7, 11) is 0. The highest BCUT2D eigenvalue weighted by molar-refractivity contribution is 6.05. The van der Waals surface area contributed by atoms with Crippen LogP contribution in [0, 0.1) is 0 Å². The van der Waals surface area contributed by atoms with E-state index in [0.717, 1.165) is 17.7 Å². The van der Waals surface area contributed by atoms with Crippen LogP contribution in [0.15, 0.2) is 54.6 Å². The lowest BCUT2D eigenvalue weighted by molar-refractivity contribution is -0.114. The van der Waals surface area contributed by atoms with Crippen molar-refractivity contribution in [3.8, 4) is 0 Å².